The molecule has 0 spiro atoms. The average Bonchev–Trinajstić information content (AvgIpc) is 2.84. The molecule has 1 N–H and O–H groups in total. The summed E-state index contributed by atoms with van der Waals surface area (Å²) in [6.07, 6.45) is 0.823. The maximum Gasteiger partial charge on any atom is 0.140 e. The smallest absolute Gasteiger partial charge is 0.140 e. The first-order chi connectivity index (χ1) is 9.74. The van der Waals surface area contributed by atoms with E-state index in [9.17, 15) is 0 Å². The predicted octanol–water partition coefficient (Wildman–Crippen LogP) is 2.50. The number of aliphatic hydroxyl groups excluding tert-OH is 1. The molecule has 0 saturated heterocycles. The van der Waals surface area contributed by atoms with Gasteiger partial charge in [0.25, 0.3) is 0 Å². The normalized spacial score (nSPS) is 10.6. The number of hydrogen-bond acceptors (Lipinski definition) is 5. The molecule has 5 nitrogen and oxygen atoms in total. The van der Waals surface area contributed by atoms with Crippen LogP contribution in [0, 0.1) is 6.92 Å². The van der Waals surface area contributed by atoms with Crippen molar-refractivity contribution in [1.29, 1.82) is 0 Å². The van der Waals surface area contributed by atoms with Crippen molar-refractivity contribution in [2.45, 2.75) is 26.9 Å². The molecule has 0 bridgehead atoms. The fourth-order valence-electron chi connectivity index (χ4n) is 1.85. The Bertz CT molecular complexity index is 533. The predicted molar refractivity (Wildman–Crippen MR) is 74.0 cm³/mol. The van der Waals surface area contributed by atoms with Crippen LogP contribution in [0.15, 0.2) is 28.8 Å². The molecule has 0 amide bonds. The van der Waals surface area contributed by atoms with Crippen molar-refractivity contribution < 1.29 is 19.1 Å². The lowest BCUT2D eigenvalue weighted by molar-refractivity contribution is 0.201. The summed E-state index contributed by atoms with van der Waals surface area (Å²) in [5, 5.41) is 12.7. The second-order valence-electron chi connectivity index (χ2n) is 4.35. The van der Waals surface area contributed by atoms with E-state index in [-0.39, 0.29) is 6.61 Å². The van der Waals surface area contributed by atoms with Gasteiger partial charge in [-0.05, 0) is 37.6 Å². The maximum absolute atomic E-state index is 8.68. The zero-order valence-corrected chi connectivity index (χ0v) is 11.8. The molecule has 0 radical (unpaired) electrons. The zero-order valence-electron chi connectivity index (χ0n) is 11.8. The number of aryl methyl sites for hydroxylation is 2. The summed E-state index contributed by atoms with van der Waals surface area (Å²) in [6, 6.07) is 7.29. The van der Waals surface area contributed by atoms with E-state index in [4.69, 9.17) is 19.1 Å². The van der Waals surface area contributed by atoms with E-state index < -0.39 is 0 Å². The maximum atomic E-state index is 8.68. The first-order valence-electron chi connectivity index (χ1n) is 6.65. The molecule has 5 heteroatoms. The molecule has 0 saturated carbocycles. The van der Waals surface area contributed by atoms with Gasteiger partial charge < -0.3 is 19.1 Å². The number of hydrogen-bond donors (Lipinski definition) is 1. The second-order valence-corrected chi connectivity index (χ2v) is 4.35. The fraction of sp³-hybridized carbons (Fsp3) is 0.400. The van der Waals surface area contributed by atoms with Crippen LogP contribution in [0.25, 0.3) is 0 Å². The summed E-state index contributed by atoms with van der Waals surface area (Å²) in [4.78, 5) is 0. The molecule has 2 rings (SSSR count). The minimum absolute atomic E-state index is 0.00477. The van der Waals surface area contributed by atoms with Crippen molar-refractivity contribution in [3.8, 4) is 11.5 Å². The Morgan fingerprint density at radius 3 is 2.40 bits per heavy atom. The summed E-state index contributed by atoms with van der Waals surface area (Å²) in [5.41, 5.74) is 1.94. The van der Waals surface area contributed by atoms with Crippen molar-refractivity contribution in [3.63, 3.8) is 0 Å². The SMILES string of the molecule is CCc1noc(C)c1COc1ccc(OCCO)cc1. The number of ether oxygens (including phenoxy) is 2. The van der Waals surface area contributed by atoms with Gasteiger partial charge in [0.1, 0.15) is 30.5 Å². The third-order valence-electron chi connectivity index (χ3n) is 2.97. The molecule has 1 heterocycles. The highest BCUT2D eigenvalue weighted by atomic mass is 16.5. The summed E-state index contributed by atoms with van der Waals surface area (Å²) in [7, 11) is 0. The van der Waals surface area contributed by atoms with E-state index in [2.05, 4.69) is 5.16 Å². The van der Waals surface area contributed by atoms with Crippen LogP contribution in [-0.4, -0.2) is 23.5 Å². The molecule has 0 unspecified atom stereocenters. The second kappa shape index (κ2) is 6.96. The minimum atomic E-state index is 0.00477. The van der Waals surface area contributed by atoms with Crippen LogP contribution in [0.3, 0.4) is 0 Å². The molecule has 1 aromatic carbocycles. The Kier molecular flexibility index (Phi) is 5.01. The van der Waals surface area contributed by atoms with Gasteiger partial charge in [0, 0.05) is 0 Å². The van der Waals surface area contributed by atoms with E-state index in [1.165, 1.54) is 0 Å². The summed E-state index contributed by atoms with van der Waals surface area (Å²) < 4.78 is 16.2. The summed E-state index contributed by atoms with van der Waals surface area (Å²) >= 11 is 0. The number of rotatable bonds is 7. The molecule has 108 valence electrons. The van der Waals surface area contributed by atoms with Gasteiger partial charge in [-0.3, -0.25) is 0 Å². The van der Waals surface area contributed by atoms with E-state index in [0.29, 0.717) is 19.0 Å². The van der Waals surface area contributed by atoms with Crippen molar-refractivity contribution in [2.75, 3.05) is 13.2 Å². The molecule has 0 atom stereocenters. The highest BCUT2D eigenvalue weighted by Crippen LogP contribution is 2.21. The van der Waals surface area contributed by atoms with Gasteiger partial charge in [-0.15, -0.1) is 0 Å². The van der Waals surface area contributed by atoms with E-state index in [0.717, 1.165) is 29.2 Å². The van der Waals surface area contributed by atoms with Gasteiger partial charge in [-0.1, -0.05) is 12.1 Å². The van der Waals surface area contributed by atoms with Crippen LogP contribution in [0.1, 0.15) is 23.9 Å². The third-order valence-corrected chi connectivity index (χ3v) is 2.97. The topological polar surface area (TPSA) is 64.7 Å². The Labute approximate surface area is 118 Å². The molecule has 0 aliphatic rings. The lowest BCUT2D eigenvalue weighted by Gasteiger charge is -2.08. The third kappa shape index (κ3) is 3.51. The van der Waals surface area contributed by atoms with E-state index in [1.807, 2.05) is 38.1 Å². The molecular formula is C15H19NO4. The van der Waals surface area contributed by atoms with Crippen LogP contribution in [0.5, 0.6) is 11.5 Å². The molecule has 0 aliphatic heterocycles. The lowest BCUT2D eigenvalue weighted by atomic mass is 10.2. The number of nitrogens with zero attached hydrogens (tertiary/aromatic N) is 1. The first kappa shape index (κ1) is 14.4. The molecule has 0 fully saturated rings. The van der Waals surface area contributed by atoms with Crippen LogP contribution in [0.2, 0.25) is 0 Å². The van der Waals surface area contributed by atoms with Gasteiger partial charge in [0.2, 0.25) is 0 Å². The average molecular weight is 277 g/mol. The quantitative estimate of drug-likeness (QED) is 0.842. The molecular weight excluding hydrogens is 258 g/mol. The fourth-order valence-corrected chi connectivity index (χ4v) is 1.85. The van der Waals surface area contributed by atoms with Crippen LogP contribution in [-0.2, 0) is 13.0 Å². The van der Waals surface area contributed by atoms with Gasteiger partial charge in [0.15, 0.2) is 0 Å². The number of benzene rings is 1. The van der Waals surface area contributed by atoms with Gasteiger partial charge in [0.05, 0.1) is 17.9 Å². The molecule has 0 aliphatic carbocycles. The van der Waals surface area contributed by atoms with Gasteiger partial charge in [-0.2, -0.15) is 0 Å². The molecule has 1 aromatic heterocycles. The first-order valence-corrected chi connectivity index (χ1v) is 6.65. The zero-order chi connectivity index (χ0) is 14.4. The summed E-state index contributed by atoms with van der Waals surface area (Å²) in [6.45, 7) is 4.66. The molecule has 20 heavy (non-hydrogen) atoms. The van der Waals surface area contributed by atoms with Crippen LogP contribution < -0.4 is 9.47 Å². The lowest BCUT2D eigenvalue weighted by Crippen LogP contribution is -2.02. The number of aromatic nitrogens is 1. The van der Waals surface area contributed by atoms with Gasteiger partial charge >= 0.3 is 0 Å². The number of aliphatic hydroxyl groups is 1. The van der Waals surface area contributed by atoms with Crippen LogP contribution >= 0.6 is 0 Å². The standard InChI is InChI=1S/C15H19NO4/c1-3-15-14(11(2)20-16-15)10-19-13-6-4-12(5-7-13)18-9-8-17/h4-7,17H,3,8-10H2,1-2H3. The largest absolute Gasteiger partial charge is 0.491 e. The van der Waals surface area contributed by atoms with E-state index >= 15 is 0 Å². The Balaban J connectivity index is 1.95. The van der Waals surface area contributed by atoms with Gasteiger partial charge in [-0.25, -0.2) is 0 Å². The van der Waals surface area contributed by atoms with Crippen molar-refractivity contribution >= 4 is 0 Å². The Morgan fingerprint density at radius 2 is 1.80 bits per heavy atom. The van der Waals surface area contributed by atoms with E-state index in [1.54, 1.807) is 0 Å². The van der Waals surface area contributed by atoms with Crippen LogP contribution in [0.4, 0.5) is 0 Å². The van der Waals surface area contributed by atoms with Crippen molar-refractivity contribution in [1.82, 2.24) is 5.16 Å². The van der Waals surface area contributed by atoms with Crippen molar-refractivity contribution in [2.24, 2.45) is 0 Å². The Hall–Kier alpha value is -2.01. The minimum Gasteiger partial charge on any atom is -0.491 e. The highest BCUT2D eigenvalue weighted by Gasteiger charge is 2.11. The summed E-state index contributed by atoms with van der Waals surface area (Å²) in [5.74, 6) is 2.26. The highest BCUT2D eigenvalue weighted by molar-refractivity contribution is 5.32. The van der Waals surface area contributed by atoms with Crippen molar-refractivity contribution in [3.05, 3.63) is 41.3 Å². The molecule has 2 aromatic rings. The Morgan fingerprint density at radius 1 is 1.15 bits per heavy atom. The monoisotopic (exact) mass is 277 g/mol.